The summed E-state index contributed by atoms with van der Waals surface area (Å²) in [4.78, 5) is 27.3. The van der Waals surface area contributed by atoms with Gasteiger partial charge in [0.15, 0.2) is 0 Å². The zero-order chi connectivity index (χ0) is 19.4. The number of halogens is 1. The van der Waals surface area contributed by atoms with Crippen molar-refractivity contribution in [2.24, 2.45) is 0 Å². The van der Waals surface area contributed by atoms with E-state index in [1.54, 1.807) is 31.2 Å². The van der Waals surface area contributed by atoms with Crippen molar-refractivity contribution < 1.29 is 14.1 Å². The van der Waals surface area contributed by atoms with E-state index in [1.165, 1.54) is 24.3 Å². The Hall–Kier alpha value is -3.00. The lowest BCUT2D eigenvalue weighted by molar-refractivity contribution is -0.383. The van der Waals surface area contributed by atoms with Crippen molar-refractivity contribution >= 4 is 23.0 Å². The molecule has 1 N–H and O–H groups in total. The number of para-hydroxylation sites is 2. The number of hydrogen-bond acceptors (Lipinski definition) is 5. The Balaban J connectivity index is 1.59. The molecule has 0 bridgehead atoms. The van der Waals surface area contributed by atoms with Gasteiger partial charge >= 0.3 is 0 Å². The van der Waals surface area contributed by atoms with Gasteiger partial charge in [0, 0.05) is 37.9 Å². The smallest absolute Gasteiger partial charge is 0.292 e. The number of benzene rings is 2. The minimum Gasteiger partial charge on any atom is -0.369 e. The number of piperazine rings is 1. The van der Waals surface area contributed by atoms with Gasteiger partial charge in [-0.05, 0) is 37.3 Å². The second-order valence-corrected chi connectivity index (χ2v) is 6.44. The van der Waals surface area contributed by atoms with Crippen LogP contribution in [0.3, 0.4) is 0 Å². The highest BCUT2D eigenvalue weighted by atomic mass is 19.1. The van der Waals surface area contributed by atoms with Crippen LogP contribution in [0.15, 0.2) is 48.5 Å². The summed E-state index contributed by atoms with van der Waals surface area (Å²) in [7, 11) is 0. The van der Waals surface area contributed by atoms with Crippen molar-refractivity contribution in [2.45, 2.75) is 13.0 Å². The number of nitrogens with zero attached hydrogens (tertiary/aromatic N) is 3. The fourth-order valence-corrected chi connectivity index (χ4v) is 3.16. The van der Waals surface area contributed by atoms with E-state index in [1.807, 2.05) is 4.90 Å². The van der Waals surface area contributed by atoms with Gasteiger partial charge in [-0.1, -0.05) is 12.1 Å². The fourth-order valence-electron chi connectivity index (χ4n) is 3.16. The average Bonchev–Trinajstić information content (AvgIpc) is 2.68. The molecule has 0 aliphatic carbocycles. The Morgan fingerprint density at radius 1 is 1.11 bits per heavy atom. The quantitative estimate of drug-likeness (QED) is 0.645. The molecule has 0 unspecified atom stereocenters. The van der Waals surface area contributed by atoms with E-state index in [0.717, 1.165) is 18.8 Å². The van der Waals surface area contributed by atoms with Crippen LogP contribution in [0.4, 0.5) is 21.5 Å². The summed E-state index contributed by atoms with van der Waals surface area (Å²) in [5.41, 5.74) is 1.02. The topological polar surface area (TPSA) is 78.7 Å². The van der Waals surface area contributed by atoms with Crippen molar-refractivity contribution in [3.63, 3.8) is 0 Å². The molecule has 7 nitrogen and oxygen atoms in total. The van der Waals surface area contributed by atoms with E-state index in [-0.39, 0.29) is 23.1 Å². The van der Waals surface area contributed by atoms with Gasteiger partial charge in [-0.3, -0.25) is 19.8 Å². The lowest BCUT2D eigenvalue weighted by atomic mass is 10.2. The van der Waals surface area contributed by atoms with Gasteiger partial charge in [0.2, 0.25) is 5.91 Å². The lowest BCUT2D eigenvalue weighted by Gasteiger charge is -2.38. The molecule has 1 heterocycles. The molecule has 0 spiro atoms. The third kappa shape index (κ3) is 4.40. The van der Waals surface area contributed by atoms with Crippen LogP contribution in [0, 0.1) is 15.9 Å². The Labute approximate surface area is 156 Å². The number of nitrogens with one attached hydrogen (secondary N) is 1. The first-order chi connectivity index (χ1) is 13.0. The second-order valence-electron chi connectivity index (χ2n) is 6.44. The maximum Gasteiger partial charge on any atom is 0.292 e. The number of carbonyl (C=O) groups is 1. The number of amides is 1. The van der Waals surface area contributed by atoms with Gasteiger partial charge < -0.3 is 10.2 Å². The number of nitro groups is 1. The molecule has 0 aromatic heterocycles. The molecule has 27 heavy (non-hydrogen) atoms. The molecule has 2 aromatic rings. The van der Waals surface area contributed by atoms with E-state index >= 15 is 0 Å². The average molecular weight is 372 g/mol. The third-order valence-corrected chi connectivity index (χ3v) is 4.79. The van der Waals surface area contributed by atoms with Crippen molar-refractivity contribution in [2.75, 3.05) is 36.4 Å². The van der Waals surface area contributed by atoms with Gasteiger partial charge in [0.1, 0.15) is 11.5 Å². The molecule has 0 saturated carbocycles. The minimum absolute atomic E-state index is 0.126. The Bertz CT molecular complexity index is 820. The maximum atomic E-state index is 13.1. The standard InChI is InChI=1S/C19H21FN4O3/c1-14(19(25)21-17-4-2-3-5-18(17)24(26)27)22-10-12-23(13-11-22)16-8-6-15(20)7-9-16/h2-9,14H,10-13H2,1H3,(H,21,25)/t14-/m1/s1. The molecular formula is C19H21FN4O3. The third-order valence-electron chi connectivity index (χ3n) is 4.79. The molecule has 1 aliphatic rings. The summed E-state index contributed by atoms with van der Waals surface area (Å²) < 4.78 is 13.1. The highest BCUT2D eigenvalue weighted by Gasteiger charge is 2.27. The molecule has 8 heteroatoms. The first-order valence-electron chi connectivity index (χ1n) is 8.74. The minimum atomic E-state index is -0.512. The first-order valence-corrected chi connectivity index (χ1v) is 8.74. The summed E-state index contributed by atoms with van der Waals surface area (Å²) in [6.45, 7) is 4.56. The van der Waals surface area contributed by atoms with Crippen LogP contribution < -0.4 is 10.2 Å². The van der Waals surface area contributed by atoms with Crippen LogP contribution in [0.5, 0.6) is 0 Å². The normalized spacial score (nSPS) is 16.0. The summed E-state index contributed by atoms with van der Waals surface area (Å²) in [6, 6.07) is 12.0. The van der Waals surface area contributed by atoms with Crippen LogP contribution in [0.1, 0.15) is 6.92 Å². The Kier molecular flexibility index (Phi) is 5.66. The molecule has 142 valence electrons. The predicted molar refractivity (Wildman–Crippen MR) is 101 cm³/mol. The molecule has 2 aromatic carbocycles. The fraction of sp³-hybridized carbons (Fsp3) is 0.316. The molecule has 1 fully saturated rings. The highest BCUT2D eigenvalue weighted by molar-refractivity contribution is 5.96. The molecular weight excluding hydrogens is 351 g/mol. The number of anilines is 2. The second kappa shape index (κ2) is 8.13. The first kappa shape index (κ1) is 18.8. The molecule has 3 rings (SSSR count). The Morgan fingerprint density at radius 2 is 1.74 bits per heavy atom. The molecule has 1 atom stereocenters. The summed E-state index contributed by atoms with van der Waals surface area (Å²) in [5, 5.41) is 13.7. The van der Waals surface area contributed by atoms with Crippen LogP contribution >= 0.6 is 0 Å². The van der Waals surface area contributed by atoms with Crippen molar-refractivity contribution in [3.8, 4) is 0 Å². The van der Waals surface area contributed by atoms with Crippen LogP contribution in [-0.4, -0.2) is 48.0 Å². The van der Waals surface area contributed by atoms with Gasteiger partial charge in [0.25, 0.3) is 5.69 Å². The highest BCUT2D eigenvalue weighted by Crippen LogP contribution is 2.24. The monoisotopic (exact) mass is 372 g/mol. The van der Waals surface area contributed by atoms with E-state index < -0.39 is 11.0 Å². The Morgan fingerprint density at radius 3 is 2.37 bits per heavy atom. The molecule has 0 radical (unpaired) electrons. The number of nitro benzene ring substituents is 1. The van der Waals surface area contributed by atoms with Gasteiger partial charge in [-0.25, -0.2) is 4.39 Å². The van der Waals surface area contributed by atoms with Crippen molar-refractivity contribution in [1.29, 1.82) is 0 Å². The van der Waals surface area contributed by atoms with E-state index in [2.05, 4.69) is 10.2 Å². The maximum absolute atomic E-state index is 13.1. The number of rotatable bonds is 5. The van der Waals surface area contributed by atoms with E-state index in [0.29, 0.717) is 13.1 Å². The van der Waals surface area contributed by atoms with Crippen molar-refractivity contribution in [3.05, 3.63) is 64.5 Å². The van der Waals surface area contributed by atoms with Crippen LogP contribution in [-0.2, 0) is 4.79 Å². The zero-order valence-electron chi connectivity index (χ0n) is 15.0. The van der Waals surface area contributed by atoms with E-state index in [4.69, 9.17) is 0 Å². The van der Waals surface area contributed by atoms with E-state index in [9.17, 15) is 19.3 Å². The summed E-state index contributed by atoms with van der Waals surface area (Å²) in [5.74, 6) is -0.544. The molecule has 1 saturated heterocycles. The van der Waals surface area contributed by atoms with Crippen LogP contribution in [0.2, 0.25) is 0 Å². The molecule has 1 aliphatic heterocycles. The van der Waals surface area contributed by atoms with Gasteiger partial charge in [-0.2, -0.15) is 0 Å². The lowest BCUT2D eigenvalue weighted by Crippen LogP contribution is -2.52. The van der Waals surface area contributed by atoms with Crippen molar-refractivity contribution in [1.82, 2.24) is 4.90 Å². The summed E-state index contributed by atoms with van der Waals surface area (Å²) >= 11 is 0. The van der Waals surface area contributed by atoms with Gasteiger partial charge in [-0.15, -0.1) is 0 Å². The molecule has 1 amide bonds. The van der Waals surface area contributed by atoms with Gasteiger partial charge in [0.05, 0.1) is 11.0 Å². The zero-order valence-corrected chi connectivity index (χ0v) is 15.0. The largest absolute Gasteiger partial charge is 0.369 e. The number of carbonyl (C=O) groups excluding carboxylic acids is 1. The predicted octanol–water partition coefficient (Wildman–Crippen LogP) is 2.88. The SMILES string of the molecule is C[C@H](C(=O)Nc1ccccc1[N+](=O)[O-])N1CCN(c2ccc(F)cc2)CC1. The van der Waals surface area contributed by atoms with Crippen LogP contribution in [0.25, 0.3) is 0 Å². The summed E-state index contributed by atoms with van der Waals surface area (Å²) in [6.07, 6.45) is 0. The number of hydrogen-bond donors (Lipinski definition) is 1.